The molecule has 4 heteroatoms. The summed E-state index contributed by atoms with van der Waals surface area (Å²) in [6, 6.07) is 8.34. The third kappa shape index (κ3) is 1.79. The summed E-state index contributed by atoms with van der Waals surface area (Å²) in [7, 11) is 0. The summed E-state index contributed by atoms with van der Waals surface area (Å²) in [5.41, 5.74) is 2.87. The van der Waals surface area contributed by atoms with Crippen LogP contribution in [0, 0.1) is 0 Å². The van der Waals surface area contributed by atoms with Gasteiger partial charge in [-0.3, -0.25) is 0 Å². The molecule has 0 saturated heterocycles. The molecule has 1 aliphatic rings. The van der Waals surface area contributed by atoms with Gasteiger partial charge in [-0.1, -0.05) is 19.1 Å². The minimum Gasteiger partial charge on any atom is -0.461 e. The molecule has 0 aliphatic carbocycles. The van der Waals surface area contributed by atoms with E-state index >= 15 is 0 Å². The highest BCUT2D eigenvalue weighted by molar-refractivity contribution is 6.00. The lowest BCUT2D eigenvalue weighted by Gasteiger charge is -2.27. The maximum absolute atomic E-state index is 12.1. The van der Waals surface area contributed by atoms with E-state index in [1.165, 1.54) is 0 Å². The highest BCUT2D eigenvalue weighted by Crippen LogP contribution is 2.35. The standard InChI is InChI=1S/C15H18N2O2/c1-3-11-9-16-12-7-5-6-10-8-13(15(18)19-4-2)17(11)14(10)12/h5-8,11,16H,3-4,9H2,1-2H3. The number of anilines is 1. The summed E-state index contributed by atoms with van der Waals surface area (Å²) in [4.78, 5) is 12.1. The van der Waals surface area contributed by atoms with Gasteiger partial charge in [-0.15, -0.1) is 0 Å². The van der Waals surface area contributed by atoms with Crippen molar-refractivity contribution in [1.82, 2.24) is 4.57 Å². The van der Waals surface area contributed by atoms with Crippen molar-refractivity contribution in [2.24, 2.45) is 0 Å². The Hall–Kier alpha value is -1.97. The minimum atomic E-state index is -0.231. The Balaban J connectivity index is 2.24. The molecule has 1 unspecified atom stereocenters. The SMILES string of the molecule is CCOC(=O)c1cc2cccc3c2n1C(CC)CN3. The van der Waals surface area contributed by atoms with Gasteiger partial charge in [0.15, 0.2) is 0 Å². The van der Waals surface area contributed by atoms with Crippen molar-refractivity contribution in [1.29, 1.82) is 0 Å². The van der Waals surface area contributed by atoms with E-state index in [0.717, 1.165) is 29.6 Å². The van der Waals surface area contributed by atoms with Gasteiger partial charge in [0.1, 0.15) is 5.69 Å². The molecule has 1 aromatic heterocycles. The zero-order valence-electron chi connectivity index (χ0n) is 11.3. The normalized spacial score (nSPS) is 17.3. The number of carbonyl (C=O) groups is 1. The number of ether oxygens (including phenoxy) is 1. The number of aromatic nitrogens is 1. The highest BCUT2D eigenvalue weighted by atomic mass is 16.5. The van der Waals surface area contributed by atoms with Crippen LogP contribution >= 0.6 is 0 Å². The van der Waals surface area contributed by atoms with Crippen LogP contribution in [0.3, 0.4) is 0 Å². The van der Waals surface area contributed by atoms with Crippen LogP contribution in [-0.2, 0) is 4.74 Å². The van der Waals surface area contributed by atoms with E-state index in [-0.39, 0.29) is 5.97 Å². The fourth-order valence-corrected chi connectivity index (χ4v) is 2.81. The Kier molecular flexibility index (Phi) is 2.93. The van der Waals surface area contributed by atoms with Crippen molar-refractivity contribution >= 4 is 22.6 Å². The maximum atomic E-state index is 12.1. The Labute approximate surface area is 112 Å². The van der Waals surface area contributed by atoms with E-state index in [0.29, 0.717) is 18.3 Å². The second-order valence-electron chi connectivity index (χ2n) is 4.81. The van der Waals surface area contributed by atoms with E-state index in [1.807, 2.05) is 25.1 Å². The van der Waals surface area contributed by atoms with Gasteiger partial charge >= 0.3 is 5.97 Å². The van der Waals surface area contributed by atoms with E-state index in [9.17, 15) is 4.79 Å². The minimum absolute atomic E-state index is 0.231. The summed E-state index contributed by atoms with van der Waals surface area (Å²) < 4.78 is 7.31. The lowest BCUT2D eigenvalue weighted by atomic mass is 10.1. The van der Waals surface area contributed by atoms with Crippen molar-refractivity contribution in [2.45, 2.75) is 26.3 Å². The van der Waals surface area contributed by atoms with Gasteiger partial charge in [0.25, 0.3) is 0 Å². The van der Waals surface area contributed by atoms with Crippen molar-refractivity contribution in [2.75, 3.05) is 18.5 Å². The van der Waals surface area contributed by atoms with Gasteiger partial charge < -0.3 is 14.6 Å². The van der Waals surface area contributed by atoms with Gasteiger partial charge in [0.2, 0.25) is 0 Å². The van der Waals surface area contributed by atoms with E-state index < -0.39 is 0 Å². The number of hydrogen-bond acceptors (Lipinski definition) is 3. The summed E-state index contributed by atoms with van der Waals surface area (Å²) in [6.45, 7) is 5.23. The molecular formula is C15H18N2O2. The first-order valence-electron chi connectivity index (χ1n) is 6.81. The quantitative estimate of drug-likeness (QED) is 0.860. The molecular weight excluding hydrogens is 240 g/mol. The molecule has 3 rings (SSSR count). The molecule has 2 aromatic rings. The Morgan fingerprint density at radius 2 is 2.32 bits per heavy atom. The Morgan fingerprint density at radius 1 is 1.47 bits per heavy atom. The van der Waals surface area contributed by atoms with Gasteiger partial charge in [-0.25, -0.2) is 4.79 Å². The van der Waals surface area contributed by atoms with Crippen LogP contribution in [0.5, 0.6) is 0 Å². The van der Waals surface area contributed by atoms with E-state index in [4.69, 9.17) is 4.74 Å². The molecule has 0 saturated carbocycles. The number of nitrogens with zero attached hydrogens (tertiary/aromatic N) is 1. The van der Waals surface area contributed by atoms with Crippen molar-refractivity contribution in [3.63, 3.8) is 0 Å². The Bertz CT molecular complexity index is 630. The monoisotopic (exact) mass is 258 g/mol. The number of hydrogen-bond donors (Lipinski definition) is 1. The Morgan fingerprint density at radius 3 is 3.05 bits per heavy atom. The molecule has 100 valence electrons. The molecule has 4 nitrogen and oxygen atoms in total. The third-order valence-corrected chi connectivity index (χ3v) is 3.71. The second kappa shape index (κ2) is 4.61. The van der Waals surface area contributed by atoms with E-state index in [2.05, 4.69) is 22.9 Å². The van der Waals surface area contributed by atoms with Crippen LogP contribution < -0.4 is 5.32 Å². The first kappa shape index (κ1) is 12.1. The van der Waals surface area contributed by atoms with Gasteiger partial charge in [-0.2, -0.15) is 0 Å². The third-order valence-electron chi connectivity index (χ3n) is 3.71. The predicted octanol–water partition coefficient (Wildman–Crippen LogP) is 3.19. The molecule has 1 aliphatic heterocycles. The average Bonchev–Trinajstić information content (AvgIpc) is 2.82. The van der Waals surface area contributed by atoms with Gasteiger partial charge in [-0.05, 0) is 25.5 Å². The lowest BCUT2D eigenvalue weighted by molar-refractivity contribution is 0.0512. The van der Waals surface area contributed by atoms with Crippen LogP contribution in [0.25, 0.3) is 10.9 Å². The van der Waals surface area contributed by atoms with E-state index in [1.54, 1.807) is 0 Å². The first-order valence-corrected chi connectivity index (χ1v) is 6.81. The van der Waals surface area contributed by atoms with Crippen LogP contribution in [0.4, 0.5) is 5.69 Å². The number of nitrogens with one attached hydrogen (secondary N) is 1. The highest BCUT2D eigenvalue weighted by Gasteiger charge is 2.26. The number of benzene rings is 1. The molecule has 0 amide bonds. The zero-order chi connectivity index (χ0) is 13.4. The predicted molar refractivity (Wildman–Crippen MR) is 75.7 cm³/mol. The molecule has 1 N–H and O–H groups in total. The smallest absolute Gasteiger partial charge is 0.354 e. The fraction of sp³-hybridized carbons (Fsp3) is 0.400. The maximum Gasteiger partial charge on any atom is 0.354 e. The molecule has 0 fully saturated rings. The topological polar surface area (TPSA) is 43.3 Å². The summed E-state index contributed by atoms with van der Waals surface area (Å²) in [6.07, 6.45) is 0.984. The summed E-state index contributed by atoms with van der Waals surface area (Å²) in [5.74, 6) is -0.231. The van der Waals surface area contributed by atoms with Crippen molar-refractivity contribution in [3.8, 4) is 0 Å². The number of esters is 1. The van der Waals surface area contributed by atoms with Gasteiger partial charge in [0.05, 0.1) is 23.9 Å². The zero-order valence-corrected chi connectivity index (χ0v) is 11.3. The lowest BCUT2D eigenvalue weighted by Crippen LogP contribution is -2.26. The molecule has 0 spiro atoms. The average molecular weight is 258 g/mol. The number of rotatable bonds is 3. The molecule has 19 heavy (non-hydrogen) atoms. The van der Waals surface area contributed by atoms with Crippen molar-refractivity contribution in [3.05, 3.63) is 30.0 Å². The molecule has 0 radical (unpaired) electrons. The summed E-state index contributed by atoms with van der Waals surface area (Å²) in [5, 5.41) is 4.53. The largest absolute Gasteiger partial charge is 0.461 e. The number of para-hydroxylation sites is 1. The van der Waals surface area contributed by atoms with Crippen LogP contribution in [0.15, 0.2) is 24.3 Å². The molecule has 1 atom stereocenters. The van der Waals surface area contributed by atoms with Crippen molar-refractivity contribution < 1.29 is 9.53 Å². The number of carbonyl (C=O) groups excluding carboxylic acids is 1. The first-order chi connectivity index (χ1) is 9.26. The molecule has 1 aromatic carbocycles. The molecule has 2 heterocycles. The fourth-order valence-electron chi connectivity index (χ4n) is 2.81. The molecule has 0 bridgehead atoms. The van der Waals surface area contributed by atoms with Crippen LogP contribution in [-0.4, -0.2) is 23.7 Å². The van der Waals surface area contributed by atoms with Gasteiger partial charge in [0, 0.05) is 11.9 Å². The van der Waals surface area contributed by atoms with Crippen LogP contribution in [0.1, 0.15) is 36.8 Å². The summed E-state index contributed by atoms with van der Waals surface area (Å²) >= 11 is 0. The second-order valence-corrected chi connectivity index (χ2v) is 4.81. The van der Waals surface area contributed by atoms with Crippen LogP contribution in [0.2, 0.25) is 0 Å².